The first-order valence-corrected chi connectivity index (χ1v) is 15.4. The molecule has 40 heavy (non-hydrogen) atoms. The number of rotatable bonds is 10. The minimum Gasteiger partial charge on any atom is -0.352 e. The lowest BCUT2D eigenvalue weighted by molar-refractivity contribution is -0.139. The molecular weight excluding hydrogens is 546 g/mol. The molecule has 1 aliphatic rings. The minimum absolute atomic E-state index is 0.0807. The number of benzene rings is 3. The molecule has 0 spiro atoms. The predicted molar refractivity (Wildman–Crippen MR) is 159 cm³/mol. The van der Waals surface area contributed by atoms with E-state index in [0.29, 0.717) is 10.7 Å². The Morgan fingerprint density at radius 3 is 2.33 bits per heavy atom. The lowest BCUT2D eigenvalue weighted by Crippen LogP contribution is -2.52. The van der Waals surface area contributed by atoms with E-state index < -0.39 is 28.5 Å². The summed E-state index contributed by atoms with van der Waals surface area (Å²) in [5.41, 5.74) is 2.81. The molecule has 0 aromatic heterocycles. The fraction of sp³-hybridized carbons (Fsp3) is 0.355. The standard InChI is InChI=1S/C31H36ClN3O4S/c1-22-11-9-18-29(23(22)2)35(40(38,39)28-16-5-4-6-17-28)21-30(36)34(20-25-12-10-13-26(32)19-25)24(3)31(37)33-27-14-7-8-15-27/h4-6,9-13,16-19,24,27H,7-8,14-15,20-21H2,1-3H3,(H,33,37). The Kier molecular flexibility index (Phi) is 9.53. The summed E-state index contributed by atoms with van der Waals surface area (Å²) in [6, 6.07) is 19.8. The number of halogens is 1. The van der Waals surface area contributed by atoms with E-state index in [4.69, 9.17) is 11.6 Å². The average Bonchev–Trinajstić information content (AvgIpc) is 3.45. The summed E-state index contributed by atoms with van der Waals surface area (Å²) in [5, 5.41) is 3.59. The Hall–Kier alpha value is -3.36. The van der Waals surface area contributed by atoms with Crippen LogP contribution in [0.1, 0.15) is 49.3 Å². The second-order valence-corrected chi connectivity index (χ2v) is 12.7. The largest absolute Gasteiger partial charge is 0.352 e. The smallest absolute Gasteiger partial charge is 0.264 e. The fourth-order valence-corrected chi connectivity index (χ4v) is 6.75. The first-order valence-electron chi connectivity index (χ1n) is 13.6. The van der Waals surface area contributed by atoms with Crippen LogP contribution in [-0.4, -0.2) is 43.8 Å². The third kappa shape index (κ3) is 6.85. The summed E-state index contributed by atoms with van der Waals surface area (Å²) in [4.78, 5) is 28.9. The van der Waals surface area contributed by atoms with Gasteiger partial charge in [0, 0.05) is 17.6 Å². The Morgan fingerprint density at radius 1 is 0.975 bits per heavy atom. The quantitative estimate of drug-likeness (QED) is 0.336. The zero-order valence-electron chi connectivity index (χ0n) is 23.1. The Morgan fingerprint density at radius 2 is 1.65 bits per heavy atom. The third-order valence-electron chi connectivity index (χ3n) is 7.57. The van der Waals surface area contributed by atoms with Gasteiger partial charge in [0.1, 0.15) is 12.6 Å². The van der Waals surface area contributed by atoms with Crippen molar-refractivity contribution in [1.29, 1.82) is 0 Å². The number of hydrogen-bond donors (Lipinski definition) is 1. The van der Waals surface area contributed by atoms with Crippen molar-refractivity contribution < 1.29 is 18.0 Å². The van der Waals surface area contributed by atoms with Crippen molar-refractivity contribution in [3.05, 3.63) is 94.5 Å². The van der Waals surface area contributed by atoms with Crippen LogP contribution >= 0.6 is 11.6 Å². The molecule has 0 heterocycles. The van der Waals surface area contributed by atoms with Gasteiger partial charge in [0.15, 0.2) is 0 Å². The van der Waals surface area contributed by atoms with Crippen molar-refractivity contribution in [2.45, 2.75) is 70.0 Å². The molecule has 0 saturated heterocycles. The number of sulfonamides is 1. The second-order valence-electron chi connectivity index (χ2n) is 10.4. The molecule has 3 aromatic rings. The molecule has 1 N–H and O–H groups in total. The molecule has 4 rings (SSSR count). The number of hydrogen-bond acceptors (Lipinski definition) is 4. The zero-order chi connectivity index (χ0) is 28.9. The summed E-state index contributed by atoms with van der Waals surface area (Å²) >= 11 is 6.22. The maximum absolute atomic E-state index is 14.1. The number of nitrogens with one attached hydrogen (secondary N) is 1. The molecule has 9 heteroatoms. The maximum Gasteiger partial charge on any atom is 0.264 e. The van der Waals surface area contributed by atoms with Crippen molar-refractivity contribution in [3.63, 3.8) is 0 Å². The van der Waals surface area contributed by atoms with Crippen LogP contribution in [0.3, 0.4) is 0 Å². The number of carbonyl (C=O) groups excluding carboxylic acids is 2. The highest BCUT2D eigenvalue weighted by atomic mass is 35.5. The molecule has 1 aliphatic carbocycles. The van der Waals surface area contributed by atoms with Crippen molar-refractivity contribution in [2.24, 2.45) is 0 Å². The molecule has 212 valence electrons. The molecule has 1 fully saturated rings. The third-order valence-corrected chi connectivity index (χ3v) is 9.57. The van der Waals surface area contributed by atoms with E-state index in [1.807, 2.05) is 26.0 Å². The lowest BCUT2D eigenvalue weighted by atomic mass is 10.1. The van der Waals surface area contributed by atoms with Crippen molar-refractivity contribution in [2.75, 3.05) is 10.8 Å². The van der Waals surface area contributed by atoms with E-state index in [0.717, 1.165) is 46.7 Å². The van der Waals surface area contributed by atoms with Gasteiger partial charge in [0.05, 0.1) is 10.6 Å². The molecule has 1 saturated carbocycles. The van der Waals surface area contributed by atoms with Crippen LogP contribution in [0.15, 0.2) is 77.7 Å². The van der Waals surface area contributed by atoms with Gasteiger partial charge >= 0.3 is 0 Å². The molecule has 3 aromatic carbocycles. The molecule has 1 atom stereocenters. The molecule has 0 bridgehead atoms. The van der Waals surface area contributed by atoms with E-state index in [9.17, 15) is 18.0 Å². The number of aryl methyl sites for hydroxylation is 1. The minimum atomic E-state index is -4.10. The number of anilines is 1. The van der Waals surface area contributed by atoms with E-state index in [2.05, 4.69) is 5.32 Å². The van der Waals surface area contributed by atoms with Gasteiger partial charge in [-0.05, 0) is 80.6 Å². The normalized spacial score (nSPS) is 14.5. The lowest BCUT2D eigenvalue weighted by Gasteiger charge is -2.33. The molecule has 0 radical (unpaired) electrons. The van der Waals surface area contributed by atoms with Crippen LogP contribution in [0.5, 0.6) is 0 Å². The van der Waals surface area contributed by atoms with E-state index in [1.165, 1.54) is 17.0 Å². The summed E-state index contributed by atoms with van der Waals surface area (Å²) in [6.07, 6.45) is 3.95. The SMILES string of the molecule is Cc1cccc(N(CC(=O)N(Cc2cccc(Cl)c2)C(C)C(=O)NC2CCCC2)S(=O)(=O)c2ccccc2)c1C. The molecule has 1 unspecified atom stereocenters. The summed E-state index contributed by atoms with van der Waals surface area (Å²) in [7, 11) is -4.10. The van der Waals surface area contributed by atoms with Gasteiger partial charge in [-0.1, -0.05) is 66.9 Å². The van der Waals surface area contributed by atoms with E-state index in [1.54, 1.807) is 55.5 Å². The van der Waals surface area contributed by atoms with Gasteiger partial charge < -0.3 is 10.2 Å². The van der Waals surface area contributed by atoms with Gasteiger partial charge in [-0.2, -0.15) is 0 Å². The van der Waals surface area contributed by atoms with Crippen LogP contribution < -0.4 is 9.62 Å². The molecule has 2 amide bonds. The molecular formula is C31H36ClN3O4S. The Balaban J connectivity index is 1.71. The number of amides is 2. The van der Waals surface area contributed by atoms with Crippen LogP contribution in [0, 0.1) is 13.8 Å². The second kappa shape index (κ2) is 12.9. The number of nitrogens with zero attached hydrogens (tertiary/aromatic N) is 2. The first-order chi connectivity index (χ1) is 19.1. The monoisotopic (exact) mass is 581 g/mol. The van der Waals surface area contributed by atoms with Crippen LogP contribution in [-0.2, 0) is 26.2 Å². The average molecular weight is 582 g/mol. The maximum atomic E-state index is 14.1. The van der Waals surface area contributed by atoms with Crippen molar-refractivity contribution >= 4 is 39.1 Å². The summed E-state index contributed by atoms with van der Waals surface area (Å²) in [5.74, 6) is -0.749. The molecule has 7 nitrogen and oxygen atoms in total. The first kappa shape index (κ1) is 29.6. The van der Waals surface area contributed by atoms with Gasteiger partial charge in [0.25, 0.3) is 10.0 Å². The van der Waals surface area contributed by atoms with E-state index >= 15 is 0 Å². The van der Waals surface area contributed by atoms with Gasteiger partial charge in [-0.25, -0.2) is 8.42 Å². The highest BCUT2D eigenvalue weighted by molar-refractivity contribution is 7.92. The van der Waals surface area contributed by atoms with Crippen LogP contribution in [0.4, 0.5) is 5.69 Å². The van der Waals surface area contributed by atoms with Crippen molar-refractivity contribution in [3.8, 4) is 0 Å². The Bertz CT molecular complexity index is 1460. The fourth-order valence-electron chi connectivity index (χ4n) is 5.05. The Labute approximate surface area is 242 Å². The highest BCUT2D eigenvalue weighted by Gasteiger charge is 2.34. The number of carbonyl (C=O) groups is 2. The van der Waals surface area contributed by atoms with Crippen molar-refractivity contribution in [1.82, 2.24) is 10.2 Å². The summed E-state index contributed by atoms with van der Waals surface area (Å²) in [6.45, 7) is 5.05. The van der Waals surface area contributed by atoms with Gasteiger partial charge in [-0.15, -0.1) is 0 Å². The highest BCUT2D eigenvalue weighted by Crippen LogP contribution is 2.29. The predicted octanol–water partition coefficient (Wildman–Crippen LogP) is 5.63. The van der Waals surface area contributed by atoms with Gasteiger partial charge in [0.2, 0.25) is 11.8 Å². The van der Waals surface area contributed by atoms with Gasteiger partial charge in [-0.3, -0.25) is 13.9 Å². The zero-order valence-corrected chi connectivity index (χ0v) is 24.7. The topological polar surface area (TPSA) is 86.8 Å². The summed E-state index contributed by atoms with van der Waals surface area (Å²) < 4.78 is 29.1. The molecule has 0 aliphatic heterocycles. The van der Waals surface area contributed by atoms with Crippen LogP contribution in [0.25, 0.3) is 0 Å². The van der Waals surface area contributed by atoms with Crippen LogP contribution in [0.2, 0.25) is 5.02 Å². The van der Waals surface area contributed by atoms with E-state index in [-0.39, 0.29) is 23.4 Å².